The number of aliphatic imine (C=N–C) groups is 1. The molecule has 0 heterocycles. The van der Waals surface area contributed by atoms with E-state index in [1.807, 2.05) is 24.3 Å². The van der Waals surface area contributed by atoms with Gasteiger partial charge in [0.2, 0.25) is 5.91 Å². The Morgan fingerprint density at radius 1 is 1.19 bits per heavy atom. The summed E-state index contributed by atoms with van der Waals surface area (Å²) < 4.78 is 15.2. The summed E-state index contributed by atoms with van der Waals surface area (Å²) >= 11 is 2.19. The summed E-state index contributed by atoms with van der Waals surface area (Å²) in [6.45, 7) is 1.32. The first-order chi connectivity index (χ1) is 14.8. The summed E-state index contributed by atoms with van der Waals surface area (Å²) in [4.78, 5) is 41.9. The van der Waals surface area contributed by atoms with Crippen molar-refractivity contribution in [1.82, 2.24) is 5.32 Å². The molecule has 10 heteroatoms. The number of carbonyl (C=O) groups is 3. The monoisotopic (exact) mass is 562 g/mol. The van der Waals surface area contributed by atoms with Crippen LogP contribution in [-0.4, -0.2) is 50.9 Å². The lowest BCUT2D eigenvalue weighted by molar-refractivity contribution is -0.152. The molecule has 2 rings (SSSR count). The summed E-state index contributed by atoms with van der Waals surface area (Å²) in [6.07, 6.45) is 1.84. The normalized spacial score (nSPS) is 21.3. The zero-order valence-corrected chi connectivity index (χ0v) is 20.9. The molecule has 1 saturated carbocycles. The van der Waals surface area contributed by atoms with Crippen LogP contribution in [0.3, 0.4) is 0 Å². The van der Waals surface area contributed by atoms with Gasteiger partial charge in [-0.05, 0) is 64.6 Å². The van der Waals surface area contributed by atoms with Gasteiger partial charge in [-0.2, -0.15) is 0 Å². The molecule has 31 heavy (non-hydrogen) atoms. The molecule has 1 aliphatic carbocycles. The van der Waals surface area contributed by atoms with Crippen LogP contribution in [0, 0.1) is 5.41 Å². The highest BCUT2D eigenvalue weighted by atomic mass is 127. The molecule has 1 unspecified atom stereocenters. The van der Waals surface area contributed by atoms with Gasteiger partial charge in [-0.3, -0.25) is 14.6 Å². The number of nitrogens with one attached hydrogen (secondary N) is 1. The van der Waals surface area contributed by atoms with Crippen molar-refractivity contribution in [3.8, 4) is 5.75 Å². The number of hydrogen-bond acceptors (Lipinski definition) is 8. The minimum Gasteiger partial charge on any atom is -0.497 e. The molecule has 1 fully saturated rings. The quantitative estimate of drug-likeness (QED) is 0.362. The molecule has 0 saturated heterocycles. The maximum Gasteiger partial charge on any atom is 0.328 e. The van der Waals surface area contributed by atoms with Gasteiger partial charge in [0.15, 0.2) is 0 Å². The Morgan fingerprint density at radius 2 is 1.87 bits per heavy atom. The smallest absolute Gasteiger partial charge is 0.328 e. The molecule has 3 atom stereocenters. The molecule has 8 nitrogen and oxygen atoms in total. The summed E-state index contributed by atoms with van der Waals surface area (Å²) in [5, 5.41) is 2.35. The lowest BCUT2D eigenvalue weighted by Crippen LogP contribution is -2.48. The third-order valence-electron chi connectivity index (χ3n) is 5.32. The van der Waals surface area contributed by atoms with Crippen LogP contribution in [0.4, 0.5) is 0 Å². The van der Waals surface area contributed by atoms with Crippen LogP contribution in [0.1, 0.15) is 43.5 Å². The van der Waals surface area contributed by atoms with E-state index in [0.29, 0.717) is 18.6 Å². The fourth-order valence-corrected chi connectivity index (χ4v) is 5.48. The number of ether oxygens (including phenoxy) is 3. The number of carbonyl (C=O) groups excluding carboxylic acids is 3. The van der Waals surface area contributed by atoms with E-state index in [1.165, 1.54) is 30.1 Å². The summed E-state index contributed by atoms with van der Waals surface area (Å²) in [5.41, 5.74) is 0.529. The van der Waals surface area contributed by atoms with Gasteiger partial charge in [-0.15, -0.1) is 0 Å². The molecular formula is C21H27IN2O6S. The Kier molecular flexibility index (Phi) is 9.60. The number of benzene rings is 1. The fourth-order valence-electron chi connectivity index (χ4n) is 3.83. The maximum absolute atomic E-state index is 13.0. The second kappa shape index (κ2) is 11.7. The van der Waals surface area contributed by atoms with Crippen molar-refractivity contribution in [2.45, 2.75) is 44.0 Å². The van der Waals surface area contributed by atoms with Crippen LogP contribution in [0.2, 0.25) is 0 Å². The zero-order chi connectivity index (χ0) is 23.0. The second-order valence-corrected chi connectivity index (χ2v) is 9.35. The number of halogens is 1. The molecule has 0 aromatic heterocycles. The highest BCUT2D eigenvalue weighted by Gasteiger charge is 2.50. The van der Waals surface area contributed by atoms with E-state index in [1.54, 1.807) is 7.11 Å². The first kappa shape index (κ1) is 25.4. The van der Waals surface area contributed by atoms with Crippen LogP contribution in [0.5, 0.6) is 5.75 Å². The fraction of sp³-hybridized carbons (Fsp3) is 0.524. The predicted octanol–water partition coefficient (Wildman–Crippen LogP) is 3.63. The number of amides is 1. The number of esters is 2. The molecule has 1 aromatic rings. The molecule has 0 spiro atoms. The van der Waals surface area contributed by atoms with E-state index >= 15 is 0 Å². The van der Waals surface area contributed by atoms with Crippen molar-refractivity contribution in [2.24, 2.45) is 10.4 Å². The van der Waals surface area contributed by atoms with E-state index in [9.17, 15) is 14.4 Å². The van der Waals surface area contributed by atoms with E-state index in [2.05, 4.69) is 26.5 Å². The SMILES string of the molecule is COC(=O)[C@H](C[C@@]1(C(=O)OC)CCCC1=NC(SI)c1ccc(OC)cc1)NC(C)=O. The molecule has 1 N–H and O–H groups in total. The number of rotatable bonds is 9. The lowest BCUT2D eigenvalue weighted by atomic mass is 9.78. The van der Waals surface area contributed by atoms with Gasteiger partial charge in [0.1, 0.15) is 22.6 Å². The van der Waals surface area contributed by atoms with Gasteiger partial charge in [-0.25, -0.2) is 4.79 Å². The molecule has 1 aromatic carbocycles. The molecule has 0 radical (unpaired) electrons. The van der Waals surface area contributed by atoms with Crippen molar-refractivity contribution in [3.05, 3.63) is 29.8 Å². The van der Waals surface area contributed by atoms with Crippen LogP contribution in [0.15, 0.2) is 29.3 Å². The highest BCUT2D eigenvalue weighted by Crippen LogP contribution is 2.45. The minimum absolute atomic E-state index is 0.0337. The van der Waals surface area contributed by atoms with Gasteiger partial charge in [0, 0.05) is 12.6 Å². The Hall–Kier alpha value is -1.82. The molecule has 170 valence electrons. The number of nitrogens with zero attached hydrogens (tertiary/aromatic N) is 1. The molecule has 1 aliphatic rings. The molecule has 0 aliphatic heterocycles. The van der Waals surface area contributed by atoms with Crippen LogP contribution in [0.25, 0.3) is 0 Å². The van der Waals surface area contributed by atoms with Gasteiger partial charge < -0.3 is 19.5 Å². The molecular weight excluding hydrogens is 535 g/mol. The van der Waals surface area contributed by atoms with Crippen molar-refractivity contribution in [1.29, 1.82) is 0 Å². The standard InChI is InChI=1S/C21H27IN2O6S/c1-13(25)23-16(19(26)29-3)12-21(20(27)30-4)11-5-6-17(21)24-18(31-22)14-7-9-15(28-2)10-8-14/h7-10,16,18H,5-6,11-12H2,1-4H3,(H,23,25)/t16-,18?,21-/m0/s1. The second-order valence-electron chi connectivity index (χ2n) is 7.20. The molecule has 0 bridgehead atoms. The minimum atomic E-state index is -1.10. The molecule has 1 amide bonds. The lowest BCUT2D eigenvalue weighted by Gasteiger charge is -2.31. The average molecular weight is 562 g/mol. The van der Waals surface area contributed by atoms with Gasteiger partial charge in [-0.1, -0.05) is 21.1 Å². The van der Waals surface area contributed by atoms with Crippen molar-refractivity contribution in [2.75, 3.05) is 21.3 Å². The zero-order valence-electron chi connectivity index (χ0n) is 18.0. The number of hydrogen-bond donors (Lipinski definition) is 1. The largest absolute Gasteiger partial charge is 0.497 e. The van der Waals surface area contributed by atoms with E-state index in [-0.39, 0.29) is 17.7 Å². The van der Waals surface area contributed by atoms with E-state index in [0.717, 1.165) is 17.7 Å². The van der Waals surface area contributed by atoms with E-state index < -0.39 is 23.4 Å². The van der Waals surface area contributed by atoms with Gasteiger partial charge in [0.05, 0.1) is 21.3 Å². The van der Waals surface area contributed by atoms with Crippen LogP contribution < -0.4 is 10.1 Å². The number of methoxy groups -OCH3 is 3. The maximum atomic E-state index is 13.0. The van der Waals surface area contributed by atoms with Crippen molar-refractivity contribution in [3.63, 3.8) is 0 Å². The first-order valence-electron chi connectivity index (χ1n) is 9.73. The Balaban J connectivity index is 2.45. The Bertz CT molecular complexity index is 832. The summed E-state index contributed by atoms with van der Waals surface area (Å²) in [7, 11) is 5.69. The van der Waals surface area contributed by atoms with Gasteiger partial charge in [0.25, 0.3) is 0 Å². The van der Waals surface area contributed by atoms with Crippen molar-refractivity contribution >= 4 is 53.7 Å². The summed E-state index contributed by atoms with van der Waals surface area (Å²) in [5.74, 6) is -0.713. The Labute approximate surface area is 198 Å². The third kappa shape index (κ3) is 6.12. The van der Waals surface area contributed by atoms with Crippen LogP contribution in [-0.2, 0) is 23.9 Å². The summed E-state index contributed by atoms with van der Waals surface area (Å²) in [6, 6.07) is 6.62. The Morgan fingerprint density at radius 3 is 2.39 bits per heavy atom. The van der Waals surface area contributed by atoms with Gasteiger partial charge >= 0.3 is 11.9 Å². The first-order valence-corrected chi connectivity index (χ1v) is 13.1. The predicted molar refractivity (Wildman–Crippen MR) is 127 cm³/mol. The van der Waals surface area contributed by atoms with E-state index in [4.69, 9.17) is 19.2 Å². The highest BCUT2D eigenvalue weighted by molar-refractivity contribution is 14.2. The van der Waals surface area contributed by atoms with Crippen LogP contribution >= 0.6 is 30.1 Å². The van der Waals surface area contributed by atoms with Crippen molar-refractivity contribution < 1.29 is 28.6 Å². The third-order valence-corrected chi connectivity index (χ3v) is 7.31. The topological polar surface area (TPSA) is 103 Å². The average Bonchev–Trinajstić information content (AvgIpc) is 3.18.